The smallest absolute Gasteiger partial charge is 0.240 e. The molecule has 2 atom stereocenters. The fourth-order valence-corrected chi connectivity index (χ4v) is 1.55. The zero-order valence-corrected chi connectivity index (χ0v) is 9.07. The van der Waals surface area contributed by atoms with E-state index in [4.69, 9.17) is 5.73 Å². The third-order valence-electron chi connectivity index (χ3n) is 2.91. The molecule has 0 radical (unpaired) electrons. The summed E-state index contributed by atoms with van der Waals surface area (Å²) in [6.07, 6.45) is 6.05. The number of carbonyl (C=O) groups excluding carboxylic acids is 1. The molecule has 1 rings (SSSR count). The molecular weight excluding hydrogens is 176 g/mol. The quantitative estimate of drug-likeness (QED) is 0.688. The lowest BCUT2D eigenvalue weighted by atomic mass is 9.98. The summed E-state index contributed by atoms with van der Waals surface area (Å²) in [5.41, 5.74) is 5.89. The highest BCUT2D eigenvalue weighted by atomic mass is 16.2. The predicted octanol–water partition coefficient (Wildman–Crippen LogP) is 1.15. The van der Waals surface area contributed by atoms with E-state index in [0.717, 1.165) is 25.9 Å². The van der Waals surface area contributed by atoms with Gasteiger partial charge in [0.15, 0.2) is 0 Å². The van der Waals surface area contributed by atoms with Crippen molar-refractivity contribution < 1.29 is 4.79 Å². The van der Waals surface area contributed by atoms with Crippen LogP contribution in [0.1, 0.15) is 26.7 Å². The first-order valence-electron chi connectivity index (χ1n) is 5.36. The summed E-state index contributed by atoms with van der Waals surface area (Å²) in [5, 5.41) is 0. The molecule has 1 aliphatic heterocycles. The number of hydrogen-bond acceptors (Lipinski definition) is 2. The first kappa shape index (κ1) is 11.2. The fourth-order valence-electron chi connectivity index (χ4n) is 1.55. The van der Waals surface area contributed by atoms with Crippen molar-refractivity contribution in [2.24, 2.45) is 11.7 Å². The highest BCUT2D eigenvalue weighted by Gasteiger charge is 2.24. The summed E-state index contributed by atoms with van der Waals surface area (Å²) < 4.78 is 0. The van der Waals surface area contributed by atoms with E-state index in [0.29, 0.717) is 0 Å². The zero-order valence-electron chi connectivity index (χ0n) is 9.07. The molecule has 1 aliphatic rings. The SMILES string of the molecule is CC[C@H](C)[C@H](N)C(=O)N1CC=CCC1. The van der Waals surface area contributed by atoms with Crippen molar-refractivity contribution >= 4 is 5.91 Å². The highest BCUT2D eigenvalue weighted by molar-refractivity contribution is 5.82. The summed E-state index contributed by atoms with van der Waals surface area (Å²) in [4.78, 5) is 13.7. The Kier molecular flexibility index (Phi) is 4.14. The number of nitrogens with two attached hydrogens (primary N) is 1. The Hall–Kier alpha value is -0.830. The molecule has 0 saturated carbocycles. The van der Waals surface area contributed by atoms with Gasteiger partial charge < -0.3 is 10.6 Å². The lowest BCUT2D eigenvalue weighted by Gasteiger charge is -2.28. The van der Waals surface area contributed by atoms with Gasteiger partial charge in [0.1, 0.15) is 0 Å². The Morgan fingerprint density at radius 1 is 1.57 bits per heavy atom. The predicted molar refractivity (Wildman–Crippen MR) is 57.8 cm³/mol. The number of carbonyl (C=O) groups is 1. The Bertz CT molecular complexity index is 225. The molecule has 0 bridgehead atoms. The summed E-state index contributed by atoms with van der Waals surface area (Å²) in [6, 6.07) is -0.327. The van der Waals surface area contributed by atoms with Crippen LogP contribution in [0.5, 0.6) is 0 Å². The molecule has 1 amide bonds. The average molecular weight is 196 g/mol. The van der Waals surface area contributed by atoms with Gasteiger partial charge in [0.2, 0.25) is 5.91 Å². The average Bonchev–Trinajstić information content (AvgIpc) is 2.27. The van der Waals surface area contributed by atoms with Crippen LogP contribution in [0.25, 0.3) is 0 Å². The van der Waals surface area contributed by atoms with Gasteiger partial charge in [0, 0.05) is 13.1 Å². The molecule has 1 heterocycles. The van der Waals surface area contributed by atoms with Crippen LogP contribution in [-0.2, 0) is 4.79 Å². The fraction of sp³-hybridized carbons (Fsp3) is 0.727. The van der Waals surface area contributed by atoms with E-state index in [1.54, 1.807) is 0 Å². The van der Waals surface area contributed by atoms with Crippen LogP contribution in [0.2, 0.25) is 0 Å². The van der Waals surface area contributed by atoms with Gasteiger partial charge in [-0.1, -0.05) is 32.4 Å². The van der Waals surface area contributed by atoms with Gasteiger partial charge in [-0.25, -0.2) is 0 Å². The molecule has 0 saturated heterocycles. The van der Waals surface area contributed by atoms with E-state index in [1.807, 2.05) is 17.9 Å². The number of hydrogen-bond donors (Lipinski definition) is 1. The first-order chi connectivity index (χ1) is 6.66. The molecule has 0 aromatic heterocycles. The molecule has 3 heteroatoms. The second-order valence-corrected chi connectivity index (χ2v) is 3.96. The van der Waals surface area contributed by atoms with E-state index in [9.17, 15) is 4.79 Å². The number of nitrogens with zero attached hydrogens (tertiary/aromatic N) is 1. The lowest BCUT2D eigenvalue weighted by Crippen LogP contribution is -2.48. The van der Waals surface area contributed by atoms with Crippen molar-refractivity contribution in [3.8, 4) is 0 Å². The summed E-state index contributed by atoms with van der Waals surface area (Å²) in [7, 11) is 0. The largest absolute Gasteiger partial charge is 0.337 e. The summed E-state index contributed by atoms with van der Waals surface area (Å²) >= 11 is 0. The van der Waals surface area contributed by atoms with Gasteiger partial charge in [0.25, 0.3) is 0 Å². The second kappa shape index (κ2) is 5.15. The molecule has 0 aromatic rings. The van der Waals surface area contributed by atoms with Gasteiger partial charge in [0.05, 0.1) is 6.04 Å². The van der Waals surface area contributed by atoms with Gasteiger partial charge >= 0.3 is 0 Å². The molecule has 80 valence electrons. The van der Waals surface area contributed by atoms with Crippen LogP contribution in [0.3, 0.4) is 0 Å². The van der Waals surface area contributed by atoms with Gasteiger partial charge in [-0.2, -0.15) is 0 Å². The van der Waals surface area contributed by atoms with E-state index >= 15 is 0 Å². The minimum atomic E-state index is -0.327. The zero-order chi connectivity index (χ0) is 10.6. The maximum absolute atomic E-state index is 11.9. The molecule has 0 aromatic carbocycles. The van der Waals surface area contributed by atoms with E-state index in [1.165, 1.54) is 0 Å². The van der Waals surface area contributed by atoms with Gasteiger partial charge in [-0.05, 0) is 12.3 Å². The normalized spacial score (nSPS) is 20.6. The van der Waals surface area contributed by atoms with Crippen molar-refractivity contribution in [2.45, 2.75) is 32.7 Å². The minimum absolute atomic E-state index is 0.101. The first-order valence-corrected chi connectivity index (χ1v) is 5.36. The Morgan fingerprint density at radius 3 is 2.79 bits per heavy atom. The summed E-state index contributed by atoms with van der Waals surface area (Å²) in [5.74, 6) is 0.372. The minimum Gasteiger partial charge on any atom is -0.337 e. The molecule has 0 aliphatic carbocycles. The maximum Gasteiger partial charge on any atom is 0.240 e. The van der Waals surface area contributed by atoms with Crippen molar-refractivity contribution in [3.05, 3.63) is 12.2 Å². The molecule has 14 heavy (non-hydrogen) atoms. The van der Waals surface area contributed by atoms with Crippen molar-refractivity contribution in [2.75, 3.05) is 13.1 Å². The van der Waals surface area contributed by atoms with Crippen LogP contribution in [0.15, 0.2) is 12.2 Å². The van der Waals surface area contributed by atoms with Crippen LogP contribution in [-0.4, -0.2) is 29.9 Å². The van der Waals surface area contributed by atoms with Crippen LogP contribution >= 0.6 is 0 Å². The topological polar surface area (TPSA) is 46.3 Å². The Morgan fingerprint density at radius 2 is 2.29 bits per heavy atom. The standard InChI is InChI=1S/C11H20N2O/c1-3-9(2)10(12)11(14)13-7-5-4-6-8-13/h4-5,9-10H,3,6-8,12H2,1-2H3/t9-,10-/m0/s1. The second-order valence-electron chi connectivity index (χ2n) is 3.96. The van der Waals surface area contributed by atoms with E-state index in [2.05, 4.69) is 13.0 Å². The van der Waals surface area contributed by atoms with Gasteiger partial charge in [-0.15, -0.1) is 0 Å². The van der Waals surface area contributed by atoms with Crippen LogP contribution < -0.4 is 5.73 Å². The van der Waals surface area contributed by atoms with Crippen molar-refractivity contribution in [1.29, 1.82) is 0 Å². The molecule has 0 unspecified atom stereocenters. The molecule has 2 N–H and O–H groups in total. The van der Waals surface area contributed by atoms with E-state index in [-0.39, 0.29) is 17.9 Å². The van der Waals surface area contributed by atoms with Gasteiger partial charge in [-0.3, -0.25) is 4.79 Å². The molecular formula is C11H20N2O. The Balaban J connectivity index is 2.51. The monoisotopic (exact) mass is 196 g/mol. The van der Waals surface area contributed by atoms with Crippen molar-refractivity contribution in [1.82, 2.24) is 4.90 Å². The summed E-state index contributed by atoms with van der Waals surface area (Å²) in [6.45, 7) is 5.64. The maximum atomic E-state index is 11.9. The van der Waals surface area contributed by atoms with Crippen molar-refractivity contribution in [3.63, 3.8) is 0 Å². The molecule has 3 nitrogen and oxygen atoms in total. The molecule has 0 spiro atoms. The molecule has 0 fully saturated rings. The van der Waals surface area contributed by atoms with Crippen LogP contribution in [0, 0.1) is 5.92 Å². The highest BCUT2D eigenvalue weighted by Crippen LogP contribution is 2.10. The third-order valence-corrected chi connectivity index (χ3v) is 2.91. The van der Waals surface area contributed by atoms with Crippen LogP contribution in [0.4, 0.5) is 0 Å². The number of amides is 1. The lowest BCUT2D eigenvalue weighted by molar-refractivity contribution is -0.133. The number of rotatable bonds is 3. The van der Waals surface area contributed by atoms with E-state index < -0.39 is 0 Å². The Labute approximate surface area is 86.0 Å². The third kappa shape index (κ3) is 2.58.